The first-order valence-electron chi connectivity index (χ1n) is 8.36. The number of nitrogens with one attached hydrogen (secondary N) is 1. The van der Waals surface area contributed by atoms with Gasteiger partial charge in [0.15, 0.2) is 0 Å². The highest BCUT2D eigenvalue weighted by Gasteiger charge is 2.31. The second-order valence-electron chi connectivity index (χ2n) is 6.34. The first kappa shape index (κ1) is 16.6. The van der Waals surface area contributed by atoms with Crippen molar-refractivity contribution < 1.29 is 14.3 Å². The molecule has 0 spiro atoms. The summed E-state index contributed by atoms with van der Waals surface area (Å²) in [5, 5.41) is 2.86. The average Bonchev–Trinajstić information content (AvgIpc) is 2.61. The molecule has 0 aromatic heterocycles. The molecule has 2 aliphatic heterocycles. The second-order valence-corrected chi connectivity index (χ2v) is 6.34. The van der Waals surface area contributed by atoms with Crippen molar-refractivity contribution in [2.45, 2.75) is 25.3 Å². The van der Waals surface area contributed by atoms with Crippen LogP contribution in [0.5, 0.6) is 5.75 Å². The third kappa shape index (κ3) is 3.46. The van der Waals surface area contributed by atoms with Crippen molar-refractivity contribution in [3.63, 3.8) is 0 Å². The summed E-state index contributed by atoms with van der Waals surface area (Å²) in [6, 6.07) is 5.06. The highest BCUT2D eigenvalue weighted by atomic mass is 16.5. The second kappa shape index (κ2) is 7.09. The Morgan fingerprint density at radius 1 is 1.25 bits per heavy atom. The molecule has 24 heavy (non-hydrogen) atoms. The molecule has 2 aliphatic rings. The molecular formula is C17H24N4O3. The number of fused-ring (bicyclic) bond motifs is 1. The summed E-state index contributed by atoms with van der Waals surface area (Å²) in [5.74, 6) is -0.0337. The maximum Gasteiger partial charge on any atom is 0.322 e. The summed E-state index contributed by atoms with van der Waals surface area (Å²) in [7, 11) is 1.52. The molecule has 2 heterocycles. The van der Waals surface area contributed by atoms with E-state index in [2.05, 4.69) is 10.2 Å². The van der Waals surface area contributed by atoms with Gasteiger partial charge in [0.1, 0.15) is 5.75 Å². The lowest BCUT2D eigenvalue weighted by Gasteiger charge is -2.43. The van der Waals surface area contributed by atoms with Gasteiger partial charge >= 0.3 is 6.03 Å². The van der Waals surface area contributed by atoms with Crippen molar-refractivity contribution in [3.05, 3.63) is 23.8 Å². The van der Waals surface area contributed by atoms with E-state index in [0.29, 0.717) is 29.6 Å². The summed E-state index contributed by atoms with van der Waals surface area (Å²) in [5.41, 5.74) is 6.11. The normalized spacial score (nSPS) is 21.0. The van der Waals surface area contributed by atoms with Crippen molar-refractivity contribution in [1.29, 1.82) is 0 Å². The molecule has 1 atom stereocenters. The van der Waals surface area contributed by atoms with Crippen LogP contribution in [0.25, 0.3) is 0 Å². The number of rotatable bonds is 3. The highest BCUT2D eigenvalue weighted by molar-refractivity contribution is 5.97. The van der Waals surface area contributed by atoms with Gasteiger partial charge in [-0.2, -0.15) is 0 Å². The Morgan fingerprint density at radius 2 is 2.08 bits per heavy atom. The van der Waals surface area contributed by atoms with Crippen LogP contribution in [-0.4, -0.2) is 61.1 Å². The number of primary amides is 1. The minimum atomic E-state index is -0.538. The van der Waals surface area contributed by atoms with Crippen molar-refractivity contribution in [2.24, 2.45) is 5.73 Å². The van der Waals surface area contributed by atoms with Gasteiger partial charge in [0.2, 0.25) is 5.91 Å². The van der Waals surface area contributed by atoms with Crippen LogP contribution in [-0.2, 0) is 0 Å². The number of nitrogens with zero attached hydrogens (tertiary/aromatic N) is 2. The zero-order valence-electron chi connectivity index (χ0n) is 14.0. The lowest BCUT2D eigenvalue weighted by molar-refractivity contribution is 0.0678. The minimum Gasteiger partial charge on any atom is -0.495 e. The van der Waals surface area contributed by atoms with Gasteiger partial charge in [0.25, 0.3) is 0 Å². The van der Waals surface area contributed by atoms with Crippen molar-refractivity contribution in [2.75, 3.05) is 38.6 Å². The van der Waals surface area contributed by atoms with Crippen LogP contribution in [0.2, 0.25) is 0 Å². The lowest BCUT2D eigenvalue weighted by atomic mass is 10.00. The summed E-state index contributed by atoms with van der Waals surface area (Å²) in [4.78, 5) is 28.3. The number of piperidine rings is 1. The predicted molar refractivity (Wildman–Crippen MR) is 91.3 cm³/mol. The molecular weight excluding hydrogens is 308 g/mol. The van der Waals surface area contributed by atoms with Crippen LogP contribution < -0.4 is 15.8 Å². The molecule has 0 radical (unpaired) electrons. The predicted octanol–water partition coefficient (Wildman–Crippen LogP) is 1.50. The van der Waals surface area contributed by atoms with Crippen LogP contribution in [0, 0.1) is 0 Å². The van der Waals surface area contributed by atoms with Gasteiger partial charge in [-0.1, -0.05) is 6.42 Å². The number of carbonyl (C=O) groups excluding carboxylic acids is 2. The average molecular weight is 332 g/mol. The molecule has 1 aromatic carbocycles. The zero-order valence-corrected chi connectivity index (χ0v) is 14.0. The third-order valence-corrected chi connectivity index (χ3v) is 4.85. The van der Waals surface area contributed by atoms with E-state index in [1.54, 1.807) is 18.2 Å². The summed E-state index contributed by atoms with van der Waals surface area (Å²) < 4.78 is 5.26. The molecule has 0 unspecified atom stereocenters. The number of amides is 3. The lowest BCUT2D eigenvalue weighted by Crippen LogP contribution is -2.56. The van der Waals surface area contributed by atoms with Gasteiger partial charge in [0.05, 0.1) is 12.8 Å². The monoisotopic (exact) mass is 332 g/mol. The fraction of sp³-hybridized carbons (Fsp3) is 0.529. The Kier molecular flexibility index (Phi) is 4.89. The maximum absolute atomic E-state index is 12.6. The van der Waals surface area contributed by atoms with Crippen LogP contribution in [0.1, 0.15) is 29.6 Å². The first-order valence-corrected chi connectivity index (χ1v) is 8.36. The number of carbonyl (C=O) groups is 2. The van der Waals surface area contributed by atoms with Gasteiger partial charge in [-0.3, -0.25) is 9.69 Å². The highest BCUT2D eigenvalue weighted by Crippen LogP contribution is 2.27. The number of methoxy groups -OCH3 is 1. The number of urea groups is 1. The molecule has 2 fully saturated rings. The molecule has 0 saturated carbocycles. The van der Waals surface area contributed by atoms with E-state index in [9.17, 15) is 9.59 Å². The molecule has 2 saturated heterocycles. The summed E-state index contributed by atoms with van der Waals surface area (Å²) >= 11 is 0. The summed E-state index contributed by atoms with van der Waals surface area (Å²) in [6.07, 6.45) is 3.62. The standard InChI is InChI=1S/C17H24N4O3/c1-24-15-6-5-12(16(18)22)10-14(15)19-17(23)21-9-8-20-7-3-2-4-13(20)11-21/h5-6,10,13H,2-4,7-9,11H2,1H3,(H2,18,22)(H,19,23)/t13-/m1/s1. The van der Waals surface area contributed by atoms with Gasteiger partial charge < -0.3 is 20.7 Å². The Balaban J connectivity index is 1.70. The number of anilines is 1. The number of nitrogens with two attached hydrogens (primary N) is 1. The van der Waals surface area contributed by atoms with Gasteiger partial charge in [-0.05, 0) is 37.6 Å². The Bertz CT molecular complexity index is 634. The molecule has 130 valence electrons. The summed E-state index contributed by atoms with van der Waals surface area (Å²) in [6.45, 7) is 3.50. The molecule has 0 aliphatic carbocycles. The van der Waals surface area contributed by atoms with Crippen LogP contribution in [0.3, 0.4) is 0 Å². The van der Waals surface area contributed by atoms with E-state index in [4.69, 9.17) is 10.5 Å². The largest absolute Gasteiger partial charge is 0.495 e. The number of hydrogen-bond acceptors (Lipinski definition) is 4. The molecule has 0 bridgehead atoms. The van der Waals surface area contributed by atoms with E-state index in [1.807, 2.05) is 4.90 Å². The van der Waals surface area contributed by atoms with Gasteiger partial charge in [0, 0.05) is 31.2 Å². The van der Waals surface area contributed by atoms with Crippen molar-refractivity contribution >= 4 is 17.6 Å². The first-order chi connectivity index (χ1) is 11.6. The number of benzene rings is 1. The Morgan fingerprint density at radius 3 is 2.83 bits per heavy atom. The maximum atomic E-state index is 12.6. The fourth-order valence-corrected chi connectivity index (χ4v) is 3.49. The molecule has 7 nitrogen and oxygen atoms in total. The molecule has 3 N–H and O–H groups in total. The topological polar surface area (TPSA) is 87.9 Å². The fourth-order valence-electron chi connectivity index (χ4n) is 3.49. The Labute approximate surface area is 141 Å². The van der Waals surface area contributed by atoms with Gasteiger partial charge in [-0.25, -0.2) is 4.79 Å². The van der Waals surface area contributed by atoms with E-state index in [-0.39, 0.29) is 6.03 Å². The smallest absolute Gasteiger partial charge is 0.322 e. The molecule has 7 heteroatoms. The number of piperazine rings is 1. The Hall–Kier alpha value is -2.28. The third-order valence-electron chi connectivity index (χ3n) is 4.85. The molecule has 3 rings (SSSR count). The molecule has 1 aromatic rings. The van der Waals surface area contributed by atoms with E-state index in [0.717, 1.165) is 26.1 Å². The quantitative estimate of drug-likeness (QED) is 0.878. The van der Waals surface area contributed by atoms with E-state index >= 15 is 0 Å². The number of hydrogen-bond donors (Lipinski definition) is 2. The van der Waals surface area contributed by atoms with Crippen LogP contribution >= 0.6 is 0 Å². The zero-order chi connectivity index (χ0) is 17.1. The van der Waals surface area contributed by atoms with Crippen molar-refractivity contribution in [3.8, 4) is 5.75 Å². The van der Waals surface area contributed by atoms with Crippen LogP contribution in [0.15, 0.2) is 18.2 Å². The van der Waals surface area contributed by atoms with Crippen molar-refractivity contribution in [1.82, 2.24) is 9.80 Å². The minimum absolute atomic E-state index is 0.167. The SMILES string of the molecule is COc1ccc(C(N)=O)cc1NC(=O)N1CCN2CCCC[C@@H]2C1. The van der Waals surface area contributed by atoms with Crippen LogP contribution in [0.4, 0.5) is 10.5 Å². The number of ether oxygens (including phenoxy) is 1. The van der Waals surface area contributed by atoms with E-state index < -0.39 is 5.91 Å². The van der Waals surface area contributed by atoms with Gasteiger partial charge in [-0.15, -0.1) is 0 Å². The molecule has 3 amide bonds. The van der Waals surface area contributed by atoms with E-state index in [1.165, 1.54) is 20.0 Å².